The molecule has 0 radical (unpaired) electrons. The molecule has 1 aliphatic rings. The van der Waals surface area contributed by atoms with Gasteiger partial charge in [-0.2, -0.15) is 4.31 Å². The van der Waals surface area contributed by atoms with E-state index in [0.717, 1.165) is 6.26 Å². The number of nitrogens with zero attached hydrogens (tertiary/aromatic N) is 1. The maximum absolute atomic E-state index is 13.0. The van der Waals surface area contributed by atoms with Gasteiger partial charge in [0.1, 0.15) is 0 Å². The van der Waals surface area contributed by atoms with Crippen LogP contribution in [0.1, 0.15) is 18.1 Å². The van der Waals surface area contributed by atoms with Crippen LogP contribution in [0.3, 0.4) is 0 Å². The highest BCUT2D eigenvalue weighted by molar-refractivity contribution is 7.91. The standard InChI is InChI=1S/C14H22N2O4S2/c1-10-7-13(21(4,17)18)12(3)14(8-10)22(19,20)16-6-5-15-9-11(16)2/h7-8,11,15H,5-6,9H2,1-4H3/t11-/m1/s1. The first kappa shape index (κ1) is 17.4. The number of benzene rings is 1. The Hall–Kier alpha value is -0.960. The molecule has 1 N–H and O–H groups in total. The van der Waals surface area contributed by atoms with E-state index >= 15 is 0 Å². The third-order valence-electron chi connectivity index (χ3n) is 3.88. The van der Waals surface area contributed by atoms with Gasteiger partial charge < -0.3 is 5.32 Å². The Bertz CT molecular complexity index is 785. The van der Waals surface area contributed by atoms with E-state index in [2.05, 4.69) is 5.32 Å². The molecule has 0 unspecified atom stereocenters. The minimum Gasteiger partial charge on any atom is -0.314 e. The number of piperazine rings is 1. The lowest BCUT2D eigenvalue weighted by molar-refractivity contribution is 0.283. The lowest BCUT2D eigenvalue weighted by Gasteiger charge is -2.33. The summed E-state index contributed by atoms with van der Waals surface area (Å²) in [6.45, 7) is 6.65. The highest BCUT2D eigenvalue weighted by Gasteiger charge is 2.33. The molecule has 0 amide bonds. The number of sulfonamides is 1. The maximum Gasteiger partial charge on any atom is 0.243 e. The van der Waals surface area contributed by atoms with E-state index in [4.69, 9.17) is 0 Å². The number of hydrogen-bond donors (Lipinski definition) is 1. The SMILES string of the molecule is Cc1cc(S(C)(=O)=O)c(C)c(S(=O)(=O)N2CCNC[C@H]2C)c1. The quantitative estimate of drug-likeness (QED) is 0.870. The third-order valence-corrected chi connectivity index (χ3v) is 7.25. The molecule has 6 nitrogen and oxygen atoms in total. The Morgan fingerprint density at radius 3 is 2.27 bits per heavy atom. The summed E-state index contributed by atoms with van der Waals surface area (Å²) in [6.07, 6.45) is 1.10. The van der Waals surface area contributed by atoms with Crippen LogP contribution in [-0.2, 0) is 19.9 Å². The molecule has 1 aliphatic heterocycles. The predicted molar refractivity (Wildman–Crippen MR) is 85.2 cm³/mol. The zero-order valence-corrected chi connectivity index (χ0v) is 14.9. The van der Waals surface area contributed by atoms with Gasteiger partial charge in [-0.05, 0) is 44.0 Å². The van der Waals surface area contributed by atoms with E-state index in [-0.39, 0.29) is 15.8 Å². The topological polar surface area (TPSA) is 83.5 Å². The van der Waals surface area contributed by atoms with Gasteiger partial charge in [-0.25, -0.2) is 16.8 Å². The molecule has 1 aromatic carbocycles. The van der Waals surface area contributed by atoms with Crippen LogP contribution in [0, 0.1) is 13.8 Å². The van der Waals surface area contributed by atoms with Crippen molar-refractivity contribution in [2.75, 3.05) is 25.9 Å². The van der Waals surface area contributed by atoms with Gasteiger partial charge in [-0.3, -0.25) is 0 Å². The largest absolute Gasteiger partial charge is 0.314 e. The minimum absolute atomic E-state index is 0.0777. The molecule has 1 aromatic rings. The molecule has 0 aromatic heterocycles. The third kappa shape index (κ3) is 3.19. The summed E-state index contributed by atoms with van der Waals surface area (Å²) >= 11 is 0. The highest BCUT2D eigenvalue weighted by atomic mass is 32.2. The molecule has 22 heavy (non-hydrogen) atoms. The molecule has 2 rings (SSSR count). The smallest absolute Gasteiger partial charge is 0.243 e. The van der Waals surface area contributed by atoms with Crippen LogP contribution < -0.4 is 5.32 Å². The van der Waals surface area contributed by atoms with Gasteiger partial charge in [0.25, 0.3) is 0 Å². The second-order valence-corrected chi connectivity index (χ2v) is 9.67. The molecule has 1 saturated heterocycles. The van der Waals surface area contributed by atoms with E-state index in [9.17, 15) is 16.8 Å². The van der Waals surface area contributed by atoms with Crippen molar-refractivity contribution >= 4 is 19.9 Å². The Morgan fingerprint density at radius 1 is 1.14 bits per heavy atom. The first-order chi connectivity index (χ1) is 10.0. The normalized spacial score (nSPS) is 21.0. The molecule has 0 aliphatic carbocycles. The van der Waals surface area contributed by atoms with Crippen LogP contribution in [-0.4, -0.2) is 53.1 Å². The molecule has 1 atom stereocenters. The summed E-state index contributed by atoms with van der Waals surface area (Å²) < 4.78 is 51.2. The molecule has 124 valence electrons. The van der Waals surface area contributed by atoms with Crippen molar-refractivity contribution in [3.8, 4) is 0 Å². The van der Waals surface area contributed by atoms with Gasteiger partial charge in [-0.1, -0.05) is 0 Å². The fourth-order valence-corrected chi connectivity index (χ4v) is 5.85. The van der Waals surface area contributed by atoms with Crippen molar-refractivity contribution in [1.82, 2.24) is 9.62 Å². The molecule has 0 saturated carbocycles. The van der Waals surface area contributed by atoms with Crippen LogP contribution in [0.5, 0.6) is 0 Å². The fourth-order valence-electron chi connectivity index (χ4n) is 2.75. The zero-order chi connectivity index (χ0) is 16.7. The monoisotopic (exact) mass is 346 g/mol. The van der Waals surface area contributed by atoms with Crippen molar-refractivity contribution in [3.05, 3.63) is 23.3 Å². The zero-order valence-electron chi connectivity index (χ0n) is 13.3. The average Bonchev–Trinajstić information content (AvgIpc) is 2.40. The average molecular weight is 346 g/mol. The van der Waals surface area contributed by atoms with Crippen molar-refractivity contribution in [1.29, 1.82) is 0 Å². The van der Waals surface area contributed by atoms with E-state index in [1.807, 2.05) is 6.92 Å². The summed E-state index contributed by atoms with van der Waals surface area (Å²) in [7, 11) is -7.20. The molecular formula is C14H22N2O4S2. The lowest BCUT2D eigenvalue weighted by atomic mass is 10.2. The van der Waals surface area contributed by atoms with E-state index < -0.39 is 19.9 Å². The van der Waals surface area contributed by atoms with Crippen LogP contribution in [0.4, 0.5) is 0 Å². The van der Waals surface area contributed by atoms with Gasteiger partial charge in [0.2, 0.25) is 10.0 Å². The van der Waals surface area contributed by atoms with Gasteiger partial charge >= 0.3 is 0 Å². The van der Waals surface area contributed by atoms with E-state index in [1.165, 1.54) is 10.4 Å². The lowest BCUT2D eigenvalue weighted by Crippen LogP contribution is -2.52. The van der Waals surface area contributed by atoms with Crippen molar-refractivity contribution in [3.63, 3.8) is 0 Å². The molecule has 1 heterocycles. The Labute approximate surface area is 132 Å². The van der Waals surface area contributed by atoms with E-state index in [0.29, 0.717) is 30.8 Å². The molecule has 0 spiro atoms. The highest BCUT2D eigenvalue weighted by Crippen LogP contribution is 2.28. The molecular weight excluding hydrogens is 324 g/mol. The summed E-state index contributed by atoms with van der Waals surface area (Å²) in [5.74, 6) is 0. The first-order valence-corrected chi connectivity index (χ1v) is 10.4. The summed E-state index contributed by atoms with van der Waals surface area (Å²) in [4.78, 5) is 0.163. The van der Waals surface area contributed by atoms with Gasteiger partial charge in [-0.15, -0.1) is 0 Å². The van der Waals surface area contributed by atoms with Crippen LogP contribution in [0.25, 0.3) is 0 Å². The minimum atomic E-state index is -3.72. The summed E-state index contributed by atoms with van der Waals surface area (Å²) in [6, 6.07) is 2.90. The van der Waals surface area contributed by atoms with Crippen molar-refractivity contribution in [2.24, 2.45) is 0 Å². The second kappa shape index (κ2) is 5.92. The van der Waals surface area contributed by atoms with Gasteiger partial charge in [0, 0.05) is 31.9 Å². The number of hydrogen-bond acceptors (Lipinski definition) is 5. The van der Waals surface area contributed by atoms with Crippen LogP contribution >= 0.6 is 0 Å². The second-order valence-electron chi connectivity index (χ2n) is 5.83. The summed E-state index contributed by atoms with van der Waals surface area (Å²) in [5, 5.41) is 3.15. The Morgan fingerprint density at radius 2 is 1.73 bits per heavy atom. The number of sulfone groups is 1. The molecule has 8 heteroatoms. The summed E-state index contributed by atoms with van der Waals surface area (Å²) in [5.41, 5.74) is 0.909. The van der Waals surface area contributed by atoms with E-state index in [1.54, 1.807) is 19.9 Å². The fraction of sp³-hybridized carbons (Fsp3) is 0.571. The maximum atomic E-state index is 13.0. The number of nitrogens with one attached hydrogen (secondary N) is 1. The number of aryl methyl sites for hydroxylation is 1. The molecule has 0 bridgehead atoms. The predicted octanol–water partition coefficient (Wildman–Crippen LogP) is 0.689. The molecule has 1 fully saturated rings. The first-order valence-electron chi connectivity index (χ1n) is 7.09. The number of rotatable bonds is 3. The Balaban J connectivity index is 2.64. The van der Waals surface area contributed by atoms with Crippen LogP contribution in [0.2, 0.25) is 0 Å². The van der Waals surface area contributed by atoms with Gasteiger partial charge in [0.05, 0.1) is 9.79 Å². The van der Waals surface area contributed by atoms with Crippen molar-refractivity contribution in [2.45, 2.75) is 36.6 Å². The van der Waals surface area contributed by atoms with Gasteiger partial charge in [0.15, 0.2) is 9.84 Å². The van der Waals surface area contributed by atoms with Crippen molar-refractivity contribution < 1.29 is 16.8 Å². The Kier molecular flexibility index (Phi) is 4.68. The van der Waals surface area contributed by atoms with Crippen LogP contribution in [0.15, 0.2) is 21.9 Å².